The van der Waals surface area contributed by atoms with Crippen molar-refractivity contribution in [2.45, 2.75) is 12.3 Å². The lowest BCUT2D eigenvalue weighted by Gasteiger charge is -2.13. The zero-order chi connectivity index (χ0) is 13.1. The van der Waals surface area contributed by atoms with E-state index in [4.69, 9.17) is 6.58 Å². The van der Waals surface area contributed by atoms with Crippen LogP contribution in [0.15, 0.2) is 60.8 Å². The summed E-state index contributed by atoms with van der Waals surface area (Å²) in [5.74, 6) is 0.224. The summed E-state index contributed by atoms with van der Waals surface area (Å²) in [4.78, 5) is 0. The maximum Gasteiger partial charge on any atom is 0.0650 e. The van der Waals surface area contributed by atoms with E-state index in [1.807, 2.05) is 12.3 Å². The highest BCUT2D eigenvalue weighted by Crippen LogP contribution is 2.24. The second-order valence-corrected chi connectivity index (χ2v) is 4.71. The zero-order valence-electron chi connectivity index (χ0n) is 10.6. The quantitative estimate of drug-likeness (QED) is 0.744. The Balaban J connectivity index is 1.91. The van der Waals surface area contributed by atoms with Crippen LogP contribution < -0.4 is 0 Å². The number of nitrogens with one attached hydrogen (secondary N) is 1. The second-order valence-electron chi connectivity index (χ2n) is 4.71. The Labute approximate surface area is 112 Å². The highest BCUT2D eigenvalue weighted by atomic mass is 15.1. The lowest BCUT2D eigenvalue weighted by molar-refractivity contribution is 0.838. The van der Waals surface area contributed by atoms with E-state index < -0.39 is 0 Å². The molecule has 2 aromatic carbocycles. The number of hydrogen-bond acceptors (Lipinski definition) is 1. The average molecular weight is 247 g/mol. The minimum absolute atomic E-state index is 0.224. The largest absolute Gasteiger partial charge is 0.278 e. The van der Waals surface area contributed by atoms with Gasteiger partial charge in [0.15, 0.2) is 0 Å². The lowest BCUT2D eigenvalue weighted by atomic mass is 9.91. The molecule has 0 aliphatic heterocycles. The smallest absolute Gasteiger partial charge is 0.0650 e. The molecule has 93 valence electrons. The maximum absolute atomic E-state index is 5.82. The van der Waals surface area contributed by atoms with E-state index in [1.54, 1.807) is 6.08 Å². The van der Waals surface area contributed by atoms with Crippen LogP contribution in [0.3, 0.4) is 0 Å². The molecule has 0 fully saturated rings. The number of hydrogen-bond donors (Lipinski definition) is 1. The molecule has 0 spiro atoms. The lowest BCUT2D eigenvalue weighted by Crippen LogP contribution is -1.99. The fourth-order valence-electron chi connectivity index (χ4n) is 2.36. The standard InChI is InChI=1S/C17H15N2/c1-2-14(10-13-6-4-3-5-7-13)15-8-9-17-16(11-15)12-18-19-17/h1-9,11-12,14H,10H2,(H,18,19). The number of allylic oxidation sites excluding steroid dienone is 1. The van der Waals surface area contributed by atoms with Gasteiger partial charge >= 0.3 is 0 Å². The topological polar surface area (TPSA) is 28.7 Å². The average Bonchev–Trinajstić information content (AvgIpc) is 2.93. The van der Waals surface area contributed by atoms with Crippen LogP contribution in [0.5, 0.6) is 0 Å². The molecule has 2 heteroatoms. The summed E-state index contributed by atoms with van der Waals surface area (Å²) in [6.07, 6.45) is 4.53. The molecule has 0 saturated carbocycles. The molecule has 0 bridgehead atoms. The van der Waals surface area contributed by atoms with Crippen molar-refractivity contribution in [1.82, 2.24) is 10.2 Å². The Morgan fingerprint density at radius 1 is 1.16 bits per heavy atom. The molecular weight excluding hydrogens is 232 g/mol. The number of rotatable bonds is 4. The van der Waals surface area contributed by atoms with Crippen molar-refractivity contribution in [3.8, 4) is 0 Å². The second kappa shape index (κ2) is 5.11. The Morgan fingerprint density at radius 2 is 2.00 bits per heavy atom. The molecule has 19 heavy (non-hydrogen) atoms. The molecule has 1 atom stereocenters. The number of benzene rings is 2. The van der Waals surface area contributed by atoms with Crippen LogP contribution in [-0.2, 0) is 6.42 Å². The first kappa shape index (κ1) is 11.7. The van der Waals surface area contributed by atoms with Gasteiger partial charge in [-0.15, -0.1) is 0 Å². The third-order valence-electron chi connectivity index (χ3n) is 3.42. The number of H-pyrrole nitrogens is 1. The van der Waals surface area contributed by atoms with Gasteiger partial charge in [0.1, 0.15) is 0 Å². The minimum atomic E-state index is 0.224. The first-order chi connectivity index (χ1) is 9.36. The Bertz CT molecular complexity index is 683. The maximum atomic E-state index is 5.82. The summed E-state index contributed by atoms with van der Waals surface area (Å²) < 4.78 is 0. The van der Waals surface area contributed by atoms with E-state index in [-0.39, 0.29) is 5.92 Å². The molecule has 1 N–H and O–H groups in total. The van der Waals surface area contributed by atoms with Gasteiger partial charge in [0.05, 0.1) is 11.7 Å². The number of aromatic amines is 1. The highest BCUT2D eigenvalue weighted by Gasteiger charge is 2.09. The molecule has 1 unspecified atom stereocenters. The number of aromatic nitrogens is 2. The molecule has 1 radical (unpaired) electrons. The van der Waals surface area contributed by atoms with Crippen LogP contribution in [0.25, 0.3) is 10.9 Å². The van der Waals surface area contributed by atoms with Crippen LogP contribution in [0.2, 0.25) is 0 Å². The van der Waals surface area contributed by atoms with Gasteiger partial charge in [0.25, 0.3) is 0 Å². The summed E-state index contributed by atoms with van der Waals surface area (Å²) in [5.41, 5.74) is 3.57. The molecule has 3 rings (SSSR count). The van der Waals surface area contributed by atoms with E-state index in [9.17, 15) is 0 Å². The molecule has 0 saturated heterocycles. The van der Waals surface area contributed by atoms with E-state index in [1.165, 1.54) is 11.1 Å². The summed E-state index contributed by atoms with van der Waals surface area (Å²) in [7, 11) is 0. The molecule has 2 nitrogen and oxygen atoms in total. The van der Waals surface area contributed by atoms with Gasteiger partial charge in [0.2, 0.25) is 0 Å². The molecule has 3 aromatic rings. The van der Waals surface area contributed by atoms with Gasteiger partial charge in [-0.25, -0.2) is 0 Å². The van der Waals surface area contributed by atoms with Gasteiger partial charge in [-0.05, 0) is 29.7 Å². The van der Waals surface area contributed by atoms with Gasteiger partial charge in [-0.2, -0.15) is 5.10 Å². The molecule has 1 heterocycles. The fourth-order valence-corrected chi connectivity index (χ4v) is 2.36. The van der Waals surface area contributed by atoms with Crippen LogP contribution in [-0.4, -0.2) is 10.2 Å². The third-order valence-corrected chi connectivity index (χ3v) is 3.42. The summed E-state index contributed by atoms with van der Waals surface area (Å²) in [6.45, 7) is 5.82. The van der Waals surface area contributed by atoms with Gasteiger partial charge in [0, 0.05) is 11.3 Å². The number of nitrogens with zero attached hydrogens (tertiary/aromatic N) is 1. The van der Waals surface area contributed by atoms with Gasteiger partial charge < -0.3 is 0 Å². The normalized spacial score (nSPS) is 12.4. The Hall–Kier alpha value is -2.35. The SMILES string of the molecule is [CH]=CC(Cc1ccccc1)c1ccc2[nH]ncc2c1. The van der Waals surface area contributed by atoms with E-state index in [0.717, 1.165) is 17.3 Å². The predicted molar refractivity (Wildman–Crippen MR) is 77.9 cm³/mol. The predicted octanol–water partition coefficient (Wildman–Crippen LogP) is 3.88. The molecule has 1 aromatic heterocycles. The van der Waals surface area contributed by atoms with Crippen LogP contribution >= 0.6 is 0 Å². The Morgan fingerprint density at radius 3 is 2.79 bits per heavy atom. The molecular formula is C17H15N2. The summed E-state index contributed by atoms with van der Waals surface area (Å²) in [6, 6.07) is 16.7. The summed E-state index contributed by atoms with van der Waals surface area (Å²) in [5, 5.41) is 8.13. The monoisotopic (exact) mass is 247 g/mol. The Kier molecular flexibility index (Phi) is 3.15. The van der Waals surface area contributed by atoms with Crippen molar-refractivity contribution >= 4 is 10.9 Å². The van der Waals surface area contributed by atoms with Crippen molar-refractivity contribution in [3.05, 3.63) is 78.5 Å². The van der Waals surface area contributed by atoms with E-state index in [0.29, 0.717) is 0 Å². The highest BCUT2D eigenvalue weighted by molar-refractivity contribution is 5.78. The van der Waals surface area contributed by atoms with Crippen molar-refractivity contribution in [3.63, 3.8) is 0 Å². The van der Waals surface area contributed by atoms with E-state index in [2.05, 4.69) is 52.7 Å². The van der Waals surface area contributed by atoms with Crippen LogP contribution in [0.1, 0.15) is 17.0 Å². The van der Waals surface area contributed by atoms with Crippen molar-refractivity contribution in [2.75, 3.05) is 0 Å². The fraction of sp³-hybridized carbons (Fsp3) is 0.118. The molecule has 0 aliphatic carbocycles. The van der Waals surface area contributed by atoms with Gasteiger partial charge in [-0.3, -0.25) is 5.10 Å². The van der Waals surface area contributed by atoms with Gasteiger partial charge in [-0.1, -0.05) is 49.1 Å². The minimum Gasteiger partial charge on any atom is -0.278 e. The first-order valence-corrected chi connectivity index (χ1v) is 6.39. The van der Waals surface area contributed by atoms with Crippen LogP contribution in [0.4, 0.5) is 0 Å². The summed E-state index contributed by atoms with van der Waals surface area (Å²) >= 11 is 0. The molecule has 0 aliphatic rings. The molecule has 0 amide bonds. The van der Waals surface area contributed by atoms with E-state index >= 15 is 0 Å². The number of fused-ring (bicyclic) bond motifs is 1. The van der Waals surface area contributed by atoms with Crippen molar-refractivity contribution in [1.29, 1.82) is 0 Å². The zero-order valence-corrected chi connectivity index (χ0v) is 10.6. The first-order valence-electron chi connectivity index (χ1n) is 6.39. The van der Waals surface area contributed by atoms with Crippen molar-refractivity contribution < 1.29 is 0 Å². The van der Waals surface area contributed by atoms with Crippen LogP contribution in [0, 0.1) is 6.58 Å². The third kappa shape index (κ3) is 2.43. The van der Waals surface area contributed by atoms with Crippen molar-refractivity contribution in [2.24, 2.45) is 0 Å².